The Balaban J connectivity index is 2.38. The van der Waals surface area contributed by atoms with Gasteiger partial charge in [-0.3, -0.25) is 9.36 Å². The molecule has 0 aliphatic heterocycles. The van der Waals surface area contributed by atoms with Crippen LogP contribution in [0.2, 0.25) is 0 Å². The van der Waals surface area contributed by atoms with Crippen LogP contribution in [0, 0.1) is 19.8 Å². The van der Waals surface area contributed by atoms with Gasteiger partial charge < -0.3 is 5.11 Å². The van der Waals surface area contributed by atoms with Gasteiger partial charge in [0, 0.05) is 23.5 Å². The molecule has 1 aliphatic carbocycles. The van der Waals surface area contributed by atoms with Gasteiger partial charge in [0.15, 0.2) is 0 Å². The van der Waals surface area contributed by atoms with E-state index in [2.05, 4.69) is 4.98 Å². The molecule has 1 aromatic heterocycles. The molecule has 0 spiro atoms. The fraction of sp³-hybridized carbons (Fsp3) is 0.688. The van der Waals surface area contributed by atoms with Crippen molar-refractivity contribution in [2.45, 2.75) is 65.3 Å². The van der Waals surface area contributed by atoms with Crippen molar-refractivity contribution in [2.75, 3.05) is 0 Å². The molecular formula is C16H24N2O3. The summed E-state index contributed by atoms with van der Waals surface area (Å²) in [5.41, 5.74) is 1.72. The first kappa shape index (κ1) is 15.7. The molecule has 5 heteroatoms. The van der Waals surface area contributed by atoms with Crippen molar-refractivity contribution >= 4 is 5.97 Å². The lowest BCUT2D eigenvalue weighted by atomic mass is 9.89. The second kappa shape index (κ2) is 6.41. The van der Waals surface area contributed by atoms with E-state index >= 15 is 0 Å². The van der Waals surface area contributed by atoms with E-state index in [0.29, 0.717) is 23.7 Å². The standard InChI is InChI=1S/C16H24N2O3/c1-10(15(19)20)14-11(2)17-16(21)18(12(14)3)9-13-7-5-4-6-8-13/h10,13H,4-9H2,1-3H3,(H,19,20). The van der Waals surface area contributed by atoms with Gasteiger partial charge >= 0.3 is 11.7 Å². The second-order valence-electron chi connectivity index (χ2n) is 6.15. The molecule has 1 atom stereocenters. The number of aryl methyl sites for hydroxylation is 1. The van der Waals surface area contributed by atoms with Crippen LogP contribution in [0.15, 0.2) is 4.79 Å². The molecule has 0 bridgehead atoms. The van der Waals surface area contributed by atoms with Crippen LogP contribution in [0.1, 0.15) is 61.9 Å². The lowest BCUT2D eigenvalue weighted by Crippen LogP contribution is -2.32. The highest BCUT2D eigenvalue weighted by atomic mass is 16.4. The minimum Gasteiger partial charge on any atom is -0.481 e. The van der Waals surface area contributed by atoms with Crippen molar-refractivity contribution in [3.63, 3.8) is 0 Å². The number of nitrogens with zero attached hydrogens (tertiary/aromatic N) is 2. The zero-order chi connectivity index (χ0) is 15.6. The average molecular weight is 292 g/mol. The molecule has 1 heterocycles. The zero-order valence-electron chi connectivity index (χ0n) is 13.1. The van der Waals surface area contributed by atoms with Crippen LogP contribution >= 0.6 is 0 Å². The van der Waals surface area contributed by atoms with E-state index in [1.807, 2.05) is 6.92 Å². The first-order valence-electron chi connectivity index (χ1n) is 7.72. The molecule has 1 fully saturated rings. The van der Waals surface area contributed by atoms with Crippen LogP contribution in [0.4, 0.5) is 0 Å². The number of carboxylic acids is 1. The third-order valence-corrected chi connectivity index (χ3v) is 4.65. The number of carboxylic acid groups (broad SMARTS) is 1. The summed E-state index contributed by atoms with van der Waals surface area (Å²) in [5, 5.41) is 9.25. The van der Waals surface area contributed by atoms with Gasteiger partial charge in [0.05, 0.1) is 5.92 Å². The lowest BCUT2D eigenvalue weighted by Gasteiger charge is -2.25. The number of hydrogen-bond acceptors (Lipinski definition) is 3. The Morgan fingerprint density at radius 3 is 2.52 bits per heavy atom. The van der Waals surface area contributed by atoms with Gasteiger partial charge in [0.25, 0.3) is 0 Å². The van der Waals surface area contributed by atoms with Gasteiger partial charge in [-0.05, 0) is 39.5 Å². The summed E-state index contributed by atoms with van der Waals surface area (Å²) in [6.07, 6.45) is 6.00. The quantitative estimate of drug-likeness (QED) is 0.926. The molecule has 5 nitrogen and oxygen atoms in total. The van der Waals surface area contributed by atoms with Crippen molar-refractivity contribution in [2.24, 2.45) is 5.92 Å². The van der Waals surface area contributed by atoms with Crippen LogP contribution in [0.3, 0.4) is 0 Å². The van der Waals surface area contributed by atoms with E-state index in [1.165, 1.54) is 19.3 Å². The number of hydrogen-bond donors (Lipinski definition) is 1. The average Bonchev–Trinajstić information content (AvgIpc) is 2.44. The highest BCUT2D eigenvalue weighted by Crippen LogP contribution is 2.26. The molecule has 1 saturated carbocycles. The van der Waals surface area contributed by atoms with Crippen LogP contribution in [0.25, 0.3) is 0 Å². The summed E-state index contributed by atoms with van der Waals surface area (Å²) >= 11 is 0. The Morgan fingerprint density at radius 2 is 1.95 bits per heavy atom. The van der Waals surface area contributed by atoms with Crippen molar-refractivity contribution in [3.8, 4) is 0 Å². The SMILES string of the molecule is Cc1nc(=O)n(CC2CCCCC2)c(C)c1C(C)C(=O)O. The van der Waals surface area contributed by atoms with Crippen LogP contribution < -0.4 is 5.69 Å². The molecule has 1 unspecified atom stereocenters. The first-order chi connectivity index (χ1) is 9.91. The Morgan fingerprint density at radius 1 is 1.33 bits per heavy atom. The number of rotatable bonds is 4. The van der Waals surface area contributed by atoms with Crippen LogP contribution in [-0.4, -0.2) is 20.6 Å². The maximum atomic E-state index is 12.2. The highest BCUT2D eigenvalue weighted by Gasteiger charge is 2.23. The maximum absolute atomic E-state index is 12.2. The predicted molar refractivity (Wildman–Crippen MR) is 80.6 cm³/mol. The zero-order valence-corrected chi connectivity index (χ0v) is 13.1. The molecule has 0 amide bonds. The van der Waals surface area contributed by atoms with Gasteiger partial charge in [-0.15, -0.1) is 0 Å². The normalized spacial score (nSPS) is 17.7. The highest BCUT2D eigenvalue weighted by molar-refractivity contribution is 5.76. The fourth-order valence-electron chi connectivity index (χ4n) is 3.41. The van der Waals surface area contributed by atoms with Crippen molar-refractivity contribution < 1.29 is 9.90 Å². The van der Waals surface area contributed by atoms with E-state index in [4.69, 9.17) is 0 Å². The van der Waals surface area contributed by atoms with Crippen LogP contribution in [0.5, 0.6) is 0 Å². The smallest absolute Gasteiger partial charge is 0.347 e. The molecule has 2 rings (SSSR count). The summed E-state index contributed by atoms with van der Waals surface area (Å²) < 4.78 is 1.68. The molecule has 21 heavy (non-hydrogen) atoms. The van der Waals surface area contributed by atoms with Gasteiger partial charge in [0.1, 0.15) is 0 Å². The summed E-state index contributed by atoms with van der Waals surface area (Å²) in [5.74, 6) is -1.02. The molecule has 0 aromatic carbocycles. The summed E-state index contributed by atoms with van der Waals surface area (Å²) in [4.78, 5) is 27.5. The molecule has 1 N–H and O–H groups in total. The summed E-state index contributed by atoms with van der Waals surface area (Å²) in [6.45, 7) is 5.87. The van der Waals surface area contributed by atoms with Crippen molar-refractivity contribution in [1.29, 1.82) is 0 Å². The van der Waals surface area contributed by atoms with Gasteiger partial charge in [-0.25, -0.2) is 4.79 Å². The third-order valence-electron chi connectivity index (χ3n) is 4.65. The predicted octanol–water partition coefficient (Wildman–Crippen LogP) is 2.63. The minimum absolute atomic E-state index is 0.253. The Hall–Kier alpha value is -1.65. The third kappa shape index (κ3) is 3.34. The van der Waals surface area contributed by atoms with Crippen molar-refractivity contribution in [3.05, 3.63) is 27.4 Å². The number of carbonyl (C=O) groups is 1. The van der Waals surface area contributed by atoms with Gasteiger partial charge in [-0.2, -0.15) is 4.98 Å². The minimum atomic E-state index is -0.883. The molecule has 116 valence electrons. The molecule has 1 aromatic rings. The lowest BCUT2D eigenvalue weighted by molar-refractivity contribution is -0.138. The Labute approximate surface area is 125 Å². The van der Waals surface area contributed by atoms with Gasteiger partial charge in [-0.1, -0.05) is 19.3 Å². The van der Waals surface area contributed by atoms with Gasteiger partial charge in [0.2, 0.25) is 0 Å². The Bertz CT molecular complexity index is 586. The topological polar surface area (TPSA) is 72.2 Å². The maximum Gasteiger partial charge on any atom is 0.347 e. The van der Waals surface area contributed by atoms with E-state index in [9.17, 15) is 14.7 Å². The molecule has 0 radical (unpaired) electrons. The second-order valence-corrected chi connectivity index (χ2v) is 6.15. The summed E-state index contributed by atoms with van der Waals surface area (Å²) in [7, 11) is 0. The molecule has 0 saturated heterocycles. The van der Waals surface area contributed by atoms with E-state index in [-0.39, 0.29) is 5.69 Å². The first-order valence-corrected chi connectivity index (χ1v) is 7.72. The van der Waals surface area contributed by atoms with Crippen LogP contribution in [-0.2, 0) is 11.3 Å². The van der Waals surface area contributed by atoms with E-state index < -0.39 is 11.9 Å². The van der Waals surface area contributed by atoms with E-state index in [0.717, 1.165) is 18.5 Å². The number of aliphatic carboxylic acids is 1. The molecule has 1 aliphatic rings. The largest absolute Gasteiger partial charge is 0.481 e. The monoisotopic (exact) mass is 292 g/mol. The summed E-state index contributed by atoms with van der Waals surface area (Å²) in [6, 6.07) is 0. The fourth-order valence-corrected chi connectivity index (χ4v) is 3.41. The van der Waals surface area contributed by atoms with Crippen molar-refractivity contribution in [1.82, 2.24) is 9.55 Å². The molecular weight excluding hydrogens is 268 g/mol. The number of aromatic nitrogens is 2. The Kier molecular flexibility index (Phi) is 4.80. The van der Waals surface area contributed by atoms with E-state index in [1.54, 1.807) is 18.4 Å².